The van der Waals surface area contributed by atoms with E-state index in [1.54, 1.807) is 4.90 Å². The number of nitrogens with one attached hydrogen (secondary N) is 1. The minimum absolute atomic E-state index is 0.602. The topological polar surface area (TPSA) is 32.3 Å². The Hall–Kier alpha value is -0.570. The van der Waals surface area contributed by atoms with Gasteiger partial charge in [-0.2, -0.15) is 0 Å². The first-order chi connectivity index (χ1) is 6.28. The van der Waals surface area contributed by atoms with Crippen LogP contribution in [0.15, 0.2) is 0 Å². The molecule has 0 aromatic heterocycles. The fourth-order valence-corrected chi connectivity index (χ4v) is 1.27. The summed E-state index contributed by atoms with van der Waals surface area (Å²) in [7, 11) is 0. The van der Waals surface area contributed by atoms with Gasteiger partial charge in [-0.05, 0) is 19.8 Å². The second-order valence-corrected chi connectivity index (χ2v) is 3.20. The lowest BCUT2D eigenvalue weighted by Gasteiger charge is -2.18. The molecule has 0 aromatic carbocycles. The Kier molecular flexibility index (Phi) is 7.69. The molecule has 0 aromatic rings. The molecule has 0 radical (unpaired) electrons. The number of nitrogens with zero attached hydrogens (tertiary/aromatic N) is 1. The smallest absolute Gasteiger partial charge is 0.209 e. The Bertz CT molecular complexity index is 124. The Morgan fingerprint density at radius 2 is 1.92 bits per heavy atom. The molecule has 0 unspecified atom stereocenters. The van der Waals surface area contributed by atoms with Gasteiger partial charge in [0.15, 0.2) is 0 Å². The molecule has 0 saturated carbocycles. The molecule has 3 nitrogen and oxygen atoms in total. The van der Waals surface area contributed by atoms with Gasteiger partial charge in [0, 0.05) is 25.7 Å². The quantitative estimate of drug-likeness (QED) is 0.578. The highest BCUT2D eigenvalue weighted by Gasteiger charge is 2.02. The van der Waals surface area contributed by atoms with Crippen LogP contribution in [0.25, 0.3) is 0 Å². The summed E-state index contributed by atoms with van der Waals surface area (Å²) in [5.41, 5.74) is 0. The third kappa shape index (κ3) is 5.64. The molecule has 1 N–H and O–H groups in total. The normalized spacial score (nSPS) is 10.5. The van der Waals surface area contributed by atoms with Crippen LogP contribution in [0, 0.1) is 0 Å². The molecule has 0 spiro atoms. The van der Waals surface area contributed by atoms with E-state index in [-0.39, 0.29) is 0 Å². The maximum Gasteiger partial charge on any atom is 0.209 e. The van der Waals surface area contributed by atoms with E-state index in [0.29, 0.717) is 6.04 Å². The molecule has 3 heteroatoms. The first-order valence-corrected chi connectivity index (χ1v) is 5.21. The van der Waals surface area contributed by atoms with Gasteiger partial charge in [-0.3, -0.25) is 4.79 Å². The highest BCUT2D eigenvalue weighted by Crippen LogP contribution is 1.94. The largest absolute Gasteiger partial charge is 0.344 e. The lowest BCUT2D eigenvalue weighted by molar-refractivity contribution is -0.117. The van der Waals surface area contributed by atoms with Crippen molar-refractivity contribution in [2.75, 3.05) is 19.6 Å². The van der Waals surface area contributed by atoms with Crippen LogP contribution >= 0.6 is 0 Å². The molecule has 0 bridgehead atoms. The number of amides is 1. The lowest BCUT2D eigenvalue weighted by Crippen LogP contribution is -2.36. The highest BCUT2D eigenvalue weighted by atomic mass is 16.1. The molecule has 0 atom stereocenters. The zero-order chi connectivity index (χ0) is 10.1. The number of carbonyl (C=O) groups is 1. The Labute approximate surface area is 81.5 Å². The minimum Gasteiger partial charge on any atom is -0.344 e. The van der Waals surface area contributed by atoms with Crippen molar-refractivity contribution in [3.63, 3.8) is 0 Å². The molecule has 1 amide bonds. The van der Waals surface area contributed by atoms with Gasteiger partial charge < -0.3 is 10.2 Å². The van der Waals surface area contributed by atoms with Gasteiger partial charge in [0.05, 0.1) is 0 Å². The second kappa shape index (κ2) is 8.05. The van der Waals surface area contributed by atoms with E-state index in [4.69, 9.17) is 0 Å². The molecule has 78 valence electrons. The van der Waals surface area contributed by atoms with Crippen LogP contribution in [0.2, 0.25) is 0 Å². The molecule has 0 aliphatic carbocycles. The summed E-state index contributed by atoms with van der Waals surface area (Å²) in [6.07, 6.45) is 3.22. The third-order valence-corrected chi connectivity index (χ3v) is 2.37. The summed E-state index contributed by atoms with van der Waals surface area (Å²) in [4.78, 5) is 12.2. The van der Waals surface area contributed by atoms with E-state index in [2.05, 4.69) is 19.2 Å². The number of hydrogen-bond donors (Lipinski definition) is 1. The molecule has 0 fully saturated rings. The molecule has 13 heavy (non-hydrogen) atoms. The monoisotopic (exact) mass is 186 g/mol. The van der Waals surface area contributed by atoms with Crippen molar-refractivity contribution in [3.8, 4) is 0 Å². The van der Waals surface area contributed by atoms with Crippen LogP contribution in [0.1, 0.15) is 33.6 Å². The zero-order valence-electron chi connectivity index (χ0n) is 9.05. The van der Waals surface area contributed by atoms with E-state index in [9.17, 15) is 4.79 Å². The predicted octanol–water partition coefficient (Wildman–Crippen LogP) is 1.24. The third-order valence-electron chi connectivity index (χ3n) is 2.37. The van der Waals surface area contributed by atoms with Crippen molar-refractivity contribution in [2.45, 2.75) is 39.7 Å². The average molecular weight is 186 g/mol. The van der Waals surface area contributed by atoms with E-state index in [0.717, 1.165) is 38.9 Å². The summed E-state index contributed by atoms with van der Waals surface area (Å²) in [6.45, 7) is 8.87. The number of carbonyl (C=O) groups excluding carboxylic acids is 1. The van der Waals surface area contributed by atoms with Crippen molar-refractivity contribution in [3.05, 3.63) is 0 Å². The van der Waals surface area contributed by atoms with Gasteiger partial charge in [-0.1, -0.05) is 13.8 Å². The first-order valence-electron chi connectivity index (χ1n) is 5.21. The fourth-order valence-electron chi connectivity index (χ4n) is 1.27. The van der Waals surface area contributed by atoms with E-state index >= 15 is 0 Å². The van der Waals surface area contributed by atoms with Gasteiger partial charge in [0.2, 0.25) is 6.41 Å². The maximum absolute atomic E-state index is 10.4. The summed E-state index contributed by atoms with van der Waals surface area (Å²) in [5.74, 6) is 0. The first kappa shape index (κ1) is 12.4. The van der Waals surface area contributed by atoms with Crippen LogP contribution in [0.4, 0.5) is 0 Å². The second-order valence-electron chi connectivity index (χ2n) is 3.20. The number of likely N-dealkylation sites (N-methyl/N-ethyl adjacent to an activating group) is 1. The van der Waals surface area contributed by atoms with Gasteiger partial charge >= 0.3 is 0 Å². The Balaban J connectivity index is 3.46. The van der Waals surface area contributed by atoms with Crippen molar-refractivity contribution < 1.29 is 4.79 Å². The van der Waals surface area contributed by atoms with E-state index in [1.165, 1.54) is 0 Å². The molecular formula is C10H22N2O. The zero-order valence-corrected chi connectivity index (χ0v) is 9.05. The van der Waals surface area contributed by atoms with Crippen LogP contribution in [0.3, 0.4) is 0 Å². The summed E-state index contributed by atoms with van der Waals surface area (Å²) in [6, 6.07) is 0.602. The molecule has 0 saturated heterocycles. The molecule has 0 aliphatic rings. The maximum atomic E-state index is 10.4. The molecule has 0 heterocycles. The van der Waals surface area contributed by atoms with Crippen LogP contribution < -0.4 is 5.32 Å². The summed E-state index contributed by atoms with van der Waals surface area (Å²) >= 11 is 0. The van der Waals surface area contributed by atoms with Crippen molar-refractivity contribution in [1.82, 2.24) is 10.2 Å². The van der Waals surface area contributed by atoms with Crippen molar-refractivity contribution in [1.29, 1.82) is 0 Å². The van der Waals surface area contributed by atoms with Gasteiger partial charge in [-0.25, -0.2) is 0 Å². The highest BCUT2D eigenvalue weighted by molar-refractivity contribution is 5.46. The SMILES string of the molecule is CCC(CC)NCCN(C=O)CC. The fraction of sp³-hybridized carbons (Fsp3) is 0.900. The van der Waals surface area contributed by atoms with Gasteiger partial charge in [-0.15, -0.1) is 0 Å². The Morgan fingerprint density at radius 3 is 2.31 bits per heavy atom. The summed E-state index contributed by atoms with van der Waals surface area (Å²) < 4.78 is 0. The minimum atomic E-state index is 0.602. The predicted molar refractivity (Wildman–Crippen MR) is 55.7 cm³/mol. The van der Waals surface area contributed by atoms with Gasteiger partial charge in [0.1, 0.15) is 0 Å². The average Bonchev–Trinajstić information content (AvgIpc) is 2.19. The number of hydrogen-bond acceptors (Lipinski definition) is 2. The van der Waals surface area contributed by atoms with E-state index in [1.807, 2.05) is 6.92 Å². The van der Waals surface area contributed by atoms with Crippen LogP contribution in [0.5, 0.6) is 0 Å². The van der Waals surface area contributed by atoms with Crippen LogP contribution in [-0.2, 0) is 4.79 Å². The molecular weight excluding hydrogens is 164 g/mol. The standard InChI is InChI=1S/C10H22N2O/c1-4-10(5-2)11-7-8-12(6-3)9-13/h9-11H,4-8H2,1-3H3. The van der Waals surface area contributed by atoms with Gasteiger partial charge in [0.25, 0.3) is 0 Å². The van der Waals surface area contributed by atoms with Crippen molar-refractivity contribution in [2.24, 2.45) is 0 Å². The van der Waals surface area contributed by atoms with Crippen LogP contribution in [-0.4, -0.2) is 37.0 Å². The number of rotatable bonds is 8. The summed E-state index contributed by atoms with van der Waals surface area (Å²) in [5, 5.41) is 3.42. The van der Waals surface area contributed by atoms with E-state index < -0.39 is 0 Å². The Morgan fingerprint density at radius 1 is 1.31 bits per heavy atom. The molecule has 0 rings (SSSR count). The molecule has 0 aliphatic heterocycles. The van der Waals surface area contributed by atoms with Crippen molar-refractivity contribution >= 4 is 6.41 Å². The lowest BCUT2D eigenvalue weighted by atomic mass is 10.2.